The Kier molecular flexibility index (Phi) is 2.28. The molecule has 2 heterocycles. The molecule has 4 heteroatoms. The predicted molar refractivity (Wildman–Crippen MR) is 55.7 cm³/mol. The van der Waals surface area contributed by atoms with Crippen molar-refractivity contribution in [3.63, 3.8) is 0 Å². The summed E-state index contributed by atoms with van der Waals surface area (Å²) < 4.78 is 1.08. The summed E-state index contributed by atoms with van der Waals surface area (Å²) in [6, 6.07) is 4.29. The maximum Gasteiger partial charge on any atom is 0.119 e. The molecule has 0 aliphatic carbocycles. The number of thiophene rings is 1. The average molecular weight is 243 g/mol. The molecule has 1 aliphatic heterocycles. The largest absolute Gasteiger partial charge is 0.352 e. The molecule has 1 aromatic heterocycles. The van der Waals surface area contributed by atoms with Crippen molar-refractivity contribution >= 4 is 33.6 Å². The van der Waals surface area contributed by atoms with Gasteiger partial charge in [-0.3, -0.25) is 4.99 Å². The zero-order valence-corrected chi connectivity index (χ0v) is 8.60. The van der Waals surface area contributed by atoms with E-state index in [0.717, 1.165) is 4.48 Å². The second kappa shape index (κ2) is 3.41. The highest BCUT2D eigenvalue weighted by molar-refractivity contribution is 9.11. The van der Waals surface area contributed by atoms with Gasteiger partial charge < -0.3 is 5.32 Å². The monoisotopic (exact) mass is 242 g/mol. The van der Waals surface area contributed by atoms with Crippen LogP contribution in [0.1, 0.15) is 10.9 Å². The predicted octanol–water partition coefficient (Wildman–Crippen LogP) is 2.66. The molecule has 12 heavy (non-hydrogen) atoms. The van der Waals surface area contributed by atoms with Crippen LogP contribution >= 0.6 is 27.3 Å². The van der Waals surface area contributed by atoms with Crippen molar-refractivity contribution in [3.05, 3.63) is 33.1 Å². The van der Waals surface area contributed by atoms with Crippen molar-refractivity contribution in [3.8, 4) is 0 Å². The minimum atomic E-state index is 0.159. The fraction of sp³-hybridized carbons (Fsp3) is 0.125. The van der Waals surface area contributed by atoms with E-state index in [2.05, 4.69) is 37.7 Å². The Balaban J connectivity index is 2.29. The quantitative estimate of drug-likeness (QED) is 0.805. The lowest BCUT2D eigenvalue weighted by atomic mass is 10.2. The van der Waals surface area contributed by atoms with Crippen molar-refractivity contribution in [2.24, 2.45) is 4.99 Å². The third-order valence-electron chi connectivity index (χ3n) is 1.59. The second-order valence-electron chi connectivity index (χ2n) is 2.39. The van der Waals surface area contributed by atoms with E-state index in [1.807, 2.05) is 12.3 Å². The maximum absolute atomic E-state index is 4.31. The van der Waals surface area contributed by atoms with Crippen LogP contribution in [0.4, 0.5) is 0 Å². The van der Waals surface area contributed by atoms with Crippen molar-refractivity contribution in [1.82, 2.24) is 5.32 Å². The Bertz CT molecular complexity index is 316. The lowest BCUT2D eigenvalue weighted by Crippen LogP contribution is -2.10. The first-order valence-electron chi connectivity index (χ1n) is 3.54. The van der Waals surface area contributed by atoms with Gasteiger partial charge in [-0.2, -0.15) is 0 Å². The Morgan fingerprint density at radius 3 is 3.17 bits per heavy atom. The highest BCUT2D eigenvalue weighted by atomic mass is 79.9. The molecule has 0 saturated heterocycles. The summed E-state index contributed by atoms with van der Waals surface area (Å²) in [5.41, 5.74) is 0. The van der Waals surface area contributed by atoms with Gasteiger partial charge in [0.05, 0.1) is 6.34 Å². The average Bonchev–Trinajstić information content (AvgIpc) is 2.57. The lowest BCUT2D eigenvalue weighted by molar-refractivity contribution is 0.893. The van der Waals surface area contributed by atoms with Crippen LogP contribution in [-0.2, 0) is 0 Å². The van der Waals surface area contributed by atoms with Gasteiger partial charge in [-0.25, -0.2) is 0 Å². The summed E-state index contributed by atoms with van der Waals surface area (Å²) in [6.07, 6.45) is 3.63. The standard InChI is InChI=1S/C8H7BrN2S/c9-6-4-10-5-11-8(6)7-2-1-3-12-7/h1-5,8H,(H,10,11). The number of halogens is 1. The fourth-order valence-electron chi connectivity index (χ4n) is 1.04. The Morgan fingerprint density at radius 2 is 2.50 bits per heavy atom. The number of rotatable bonds is 1. The van der Waals surface area contributed by atoms with E-state index in [1.165, 1.54) is 4.88 Å². The highest BCUT2D eigenvalue weighted by Crippen LogP contribution is 2.33. The van der Waals surface area contributed by atoms with Gasteiger partial charge in [-0.1, -0.05) is 22.0 Å². The van der Waals surface area contributed by atoms with Gasteiger partial charge >= 0.3 is 0 Å². The van der Waals surface area contributed by atoms with Gasteiger partial charge in [-0.05, 0) is 11.4 Å². The molecule has 0 amide bonds. The number of hydrogen-bond donors (Lipinski definition) is 1. The van der Waals surface area contributed by atoms with Crippen LogP contribution in [-0.4, -0.2) is 6.34 Å². The Labute approximate surface area is 83.1 Å². The van der Waals surface area contributed by atoms with Gasteiger partial charge in [0.25, 0.3) is 0 Å². The molecule has 2 nitrogen and oxygen atoms in total. The highest BCUT2D eigenvalue weighted by Gasteiger charge is 2.15. The van der Waals surface area contributed by atoms with E-state index in [4.69, 9.17) is 0 Å². The van der Waals surface area contributed by atoms with E-state index in [1.54, 1.807) is 17.7 Å². The van der Waals surface area contributed by atoms with E-state index >= 15 is 0 Å². The minimum absolute atomic E-state index is 0.159. The summed E-state index contributed by atoms with van der Waals surface area (Å²) in [4.78, 5) is 5.57. The van der Waals surface area contributed by atoms with Crippen LogP contribution in [0.2, 0.25) is 0 Å². The molecule has 2 rings (SSSR count). The number of nitrogens with one attached hydrogen (secondary N) is 1. The van der Waals surface area contributed by atoms with E-state index in [9.17, 15) is 0 Å². The Hall–Kier alpha value is -0.610. The van der Waals surface area contributed by atoms with Gasteiger partial charge in [0, 0.05) is 15.6 Å². The van der Waals surface area contributed by atoms with Crippen LogP contribution in [0.3, 0.4) is 0 Å². The molecule has 0 fully saturated rings. The van der Waals surface area contributed by atoms with Gasteiger partial charge in [-0.15, -0.1) is 11.3 Å². The molecule has 0 bridgehead atoms. The van der Waals surface area contributed by atoms with Crippen LogP contribution in [0, 0.1) is 0 Å². The normalized spacial score (nSPS) is 21.8. The van der Waals surface area contributed by atoms with E-state index in [0.29, 0.717) is 0 Å². The summed E-state index contributed by atoms with van der Waals surface area (Å²) in [5, 5.41) is 4.99. The number of nitrogens with zero attached hydrogens (tertiary/aromatic N) is 1. The second-order valence-corrected chi connectivity index (χ2v) is 4.29. The molecule has 1 N–H and O–H groups in total. The van der Waals surface area contributed by atoms with Crippen molar-refractivity contribution < 1.29 is 0 Å². The van der Waals surface area contributed by atoms with Crippen LogP contribution in [0.15, 0.2) is 33.2 Å². The van der Waals surface area contributed by atoms with Crippen LogP contribution in [0.5, 0.6) is 0 Å². The zero-order valence-electron chi connectivity index (χ0n) is 6.20. The van der Waals surface area contributed by atoms with E-state index in [-0.39, 0.29) is 6.04 Å². The lowest BCUT2D eigenvalue weighted by Gasteiger charge is -2.13. The van der Waals surface area contributed by atoms with Crippen LogP contribution < -0.4 is 5.32 Å². The number of hydrogen-bond acceptors (Lipinski definition) is 3. The summed E-state index contributed by atoms with van der Waals surface area (Å²) in [7, 11) is 0. The molecule has 0 spiro atoms. The molecule has 62 valence electrons. The number of aliphatic imine (C=N–C) groups is 1. The third kappa shape index (κ3) is 1.44. The molecule has 1 unspecified atom stereocenters. The topological polar surface area (TPSA) is 24.4 Å². The molecule has 1 aliphatic rings. The van der Waals surface area contributed by atoms with Gasteiger partial charge in [0.15, 0.2) is 0 Å². The molecule has 1 atom stereocenters. The molecule has 0 radical (unpaired) electrons. The third-order valence-corrected chi connectivity index (χ3v) is 3.18. The van der Waals surface area contributed by atoms with Crippen LogP contribution in [0.25, 0.3) is 0 Å². The first-order valence-corrected chi connectivity index (χ1v) is 5.22. The first kappa shape index (κ1) is 8.01. The van der Waals surface area contributed by atoms with Crippen molar-refractivity contribution in [2.45, 2.75) is 6.04 Å². The van der Waals surface area contributed by atoms with Gasteiger partial charge in [0.2, 0.25) is 0 Å². The SMILES string of the molecule is BrC1=CNC=NC1c1cccs1. The molecule has 1 aromatic rings. The molecule has 0 saturated carbocycles. The van der Waals surface area contributed by atoms with Crippen molar-refractivity contribution in [1.29, 1.82) is 0 Å². The molecule has 0 aromatic carbocycles. The summed E-state index contributed by atoms with van der Waals surface area (Å²) in [6.45, 7) is 0. The van der Waals surface area contributed by atoms with E-state index < -0.39 is 0 Å². The fourth-order valence-corrected chi connectivity index (χ4v) is 2.48. The Morgan fingerprint density at radius 1 is 1.58 bits per heavy atom. The molecular weight excluding hydrogens is 236 g/mol. The summed E-state index contributed by atoms with van der Waals surface area (Å²) >= 11 is 5.19. The minimum Gasteiger partial charge on any atom is -0.352 e. The first-order chi connectivity index (χ1) is 5.88. The zero-order chi connectivity index (χ0) is 8.39. The molecular formula is C8H7BrN2S. The van der Waals surface area contributed by atoms with Gasteiger partial charge in [0.1, 0.15) is 6.04 Å². The smallest absolute Gasteiger partial charge is 0.119 e. The maximum atomic E-state index is 4.31. The summed E-state index contributed by atoms with van der Waals surface area (Å²) in [5.74, 6) is 0. The van der Waals surface area contributed by atoms with Crippen molar-refractivity contribution in [2.75, 3.05) is 0 Å².